The molecule has 1 aromatic carbocycles. The number of alkyl halides is 1. The van der Waals surface area contributed by atoms with Gasteiger partial charge in [0.15, 0.2) is 0 Å². The number of aliphatic carboxylic acids is 1. The summed E-state index contributed by atoms with van der Waals surface area (Å²) in [6, 6.07) is 4.08. The van der Waals surface area contributed by atoms with Gasteiger partial charge in [0.25, 0.3) is 0 Å². The van der Waals surface area contributed by atoms with Crippen molar-refractivity contribution in [3.8, 4) is 5.75 Å². The van der Waals surface area contributed by atoms with Crippen LogP contribution in [0.4, 0.5) is 4.39 Å². The summed E-state index contributed by atoms with van der Waals surface area (Å²) in [7, 11) is 1.44. The minimum atomic E-state index is -1.02. The minimum absolute atomic E-state index is 0.257. The van der Waals surface area contributed by atoms with E-state index in [0.717, 1.165) is 0 Å². The maximum atomic E-state index is 12.7. The minimum Gasteiger partial charge on any atom is -0.496 e. The molecular formula is C11H14FNO3. The SMILES string of the molecule is COc1cccc(CF)c1C(N)CC(=O)O. The first-order chi connectivity index (χ1) is 7.60. The van der Waals surface area contributed by atoms with Crippen molar-refractivity contribution < 1.29 is 19.0 Å². The molecule has 1 unspecified atom stereocenters. The van der Waals surface area contributed by atoms with Gasteiger partial charge in [0.2, 0.25) is 0 Å². The van der Waals surface area contributed by atoms with Crippen molar-refractivity contribution in [3.63, 3.8) is 0 Å². The average Bonchev–Trinajstić information content (AvgIpc) is 2.26. The van der Waals surface area contributed by atoms with Crippen LogP contribution in [0, 0.1) is 0 Å². The number of carboxylic acid groups (broad SMARTS) is 1. The van der Waals surface area contributed by atoms with Crippen molar-refractivity contribution >= 4 is 5.97 Å². The highest BCUT2D eigenvalue weighted by Gasteiger charge is 2.18. The van der Waals surface area contributed by atoms with E-state index < -0.39 is 18.7 Å². The van der Waals surface area contributed by atoms with E-state index in [1.165, 1.54) is 7.11 Å². The molecule has 4 nitrogen and oxygen atoms in total. The Labute approximate surface area is 92.8 Å². The molecule has 0 aliphatic heterocycles. The summed E-state index contributed by atoms with van der Waals surface area (Å²) >= 11 is 0. The zero-order chi connectivity index (χ0) is 12.1. The molecule has 0 bridgehead atoms. The van der Waals surface area contributed by atoms with E-state index in [1.54, 1.807) is 18.2 Å². The first-order valence-electron chi connectivity index (χ1n) is 4.79. The number of carbonyl (C=O) groups is 1. The molecular weight excluding hydrogens is 213 g/mol. The van der Waals surface area contributed by atoms with Gasteiger partial charge in [-0.25, -0.2) is 4.39 Å². The van der Waals surface area contributed by atoms with Gasteiger partial charge in [-0.15, -0.1) is 0 Å². The van der Waals surface area contributed by atoms with Gasteiger partial charge in [0.1, 0.15) is 12.4 Å². The fourth-order valence-corrected chi connectivity index (χ4v) is 1.60. The molecule has 1 aromatic rings. The summed E-state index contributed by atoms with van der Waals surface area (Å²) in [5.74, 6) is -0.605. The number of hydrogen-bond acceptors (Lipinski definition) is 3. The van der Waals surface area contributed by atoms with Gasteiger partial charge < -0.3 is 15.6 Å². The second kappa shape index (κ2) is 5.46. The lowest BCUT2D eigenvalue weighted by Crippen LogP contribution is -2.17. The van der Waals surface area contributed by atoms with Crippen LogP contribution in [-0.4, -0.2) is 18.2 Å². The summed E-state index contributed by atoms with van der Waals surface area (Å²) in [6.07, 6.45) is -0.257. The lowest BCUT2D eigenvalue weighted by atomic mass is 9.98. The molecule has 0 saturated carbocycles. The predicted molar refractivity (Wildman–Crippen MR) is 57.0 cm³/mol. The third-order valence-electron chi connectivity index (χ3n) is 2.29. The standard InChI is InChI=1S/C11H14FNO3/c1-16-9-4-2-3-7(6-12)11(9)8(13)5-10(14)15/h2-4,8H,5-6,13H2,1H3,(H,14,15). The zero-order valence-corrected chi connectivity index (χ0v) is 8.94. The number of ether oxygens (including phenoxy) is 1. The monoisotopic (exact) mass is 227 g/mol. The summed E-state index contributed by atoms with van der Waals surface area (Å²) in [5.41, 5.74) is 6.52. The van der Waals surface area contributed by atoms with Crippen molar-refractivity contribution in [2.75, 3.05) is 7.11 Å². The van der Waals surface area contributed by atoms with Crippen LogP contribution >= 0.6 is 0 Å². The molecule has 16 heavy (non-hydrogen) atoms. The highest BCUT2D eigenvalue weighted by Crippen LogP contribution is 2.29. The van der Waals surface area contributed by atoms with E-state index in [9.17, 15) is 9.18 Å². The van der Waals surface area contributed by atoms with Crippen molar-refractivity contribution in [1.29, 1.82) is 0 Å². The van der Waals surface area contributed by atoms with E-state index >= 15 is 0 Å². The fraction of sp³-hybridized carbons (Fsp3) is 0.364. The Morgan fingerprint density at radius 3 is 2.81 bits per heavy atom. The van der Waals surface area contributed by atoms with Crippen molar-refractivity contribution in [1.82, 2.24) is 0 Å². The average molecular weight is 227 g/mol. The van der Waals surface area contributed by atoms with Crippen molar-refractivity contribution in [3.05, 3.63) is 29.3 Å². The van der Waals surface area contributed by atoms with Gasteiger partial charge in [0, 0.05) is 11.6 Å². The van der Waals surface area contributed by atoms with Crippen LogP contribution < -0.4 is 10.5 Å². The molecule has 1 atom stereocenters. The maximum Gasteiger partial charge on any atom is 0.305 e. The molecule has 0 aliphatic rings. The van der Waals surface area contributed by atoms with Crippen LogP contribution in [0.2, 0.25) is 0 Å². The first-order valence-corrected chi connectivity index (χ1v) is 4.79. The van der Waals surface area contributed by atoms with Crippen LogP contribution in [0.25, 0.3) is 0 Å². The number of carboxylic acids is 1. The van der Waals surface area contributed by atoms with Crippen LogP contribution in [0.5, 0.6) is 5.75 Å². The molecule has 0 saturated heterocycles. The van der Waals surface area contributed by atoms with E-state index in [1.807, 2.05) is 0 Å². The molecule has 0 spiro atoms. The van der Waals surface area contributed by atoms with Crippen LogP contribution in [0.3, 0.4) is 0 Å². The molecule has 1 rings (SSSR count). The highest BCUT2D eigenvalue weighted by atomic mass is 19.1. The Balaban J connectivity index is 3.12. The Morgan fingerprint density at radius 2 is 2.31 bits per heavy atom. The third kappa shape index (κ3) is 2.70. The molecule has 88 valence electrons. The lowest BCUT2D eigenvalue weighted by molar-refractivity contribution is -0.137. The van der Waals surface area contributed by atoms with Gasteiger partial charge in [-0.1, -0.05) is 12.1 Å². The van der Waals surface area contributed by atoms with E-state index in [-0.39, 0.29) is 6.42 Å². The second-order valence-corrected chi connectivity index (χ2v) is 3.37. The normalized spacial score (nSPS) is 12.2. The second-order valence-electron chi connectivity index (χ2n) is 3.37. The van der Waals surface area contributed by atoms with Crippen molar-refractivity contribution in [2.24, 2.45) is 5.73 Å². The molecule has 0 heterocycles. The summed E-state index contributed by atoms with van der Waals surface area (Å²) in [6.45, 7) is -0.695. The molecule has 0 fully saturated rings. The molecule has 3 N–H and O–H groups in total. The number of rotatable bonds is 5. The number of hydrogen-bond donors (Lipinski definition) is 2. The Morgan fingerprint density at radius 1 is 1.62 bits per heavy atom. The summed E-state index contributed by atoms with van der Waals surface area (Å²) < 4.78 is 17.8. The topological polar surface area (TPSA) is 72.5 Å². The van der Waals surface area contributed by atoms with E-state index in [4.69, 9.17) is 15.6 Å². The molecule has 0 amide bonds. The summed E-state index contributed by atoms with van der Waals surface area (Å²) in [5, 5.41) is 8.66. The van der Waals surface area contributed by atoms with Gasteiger partial charge in [-0.2, -0.15) is 0 Å². The summed E-state index contributed by atoms with van der Waals surface area (Å²) in [4.78, 5) is 10.6. The molecule has 0 aromatic heterocycles. The molecule has 0 aliphatic carbocycles. The Hall–Kier alpha value is -1.62. The maximum absolute atomic E-state index is 12.7. The van der Waals surface area contributed by atoms with Gasteiger partial charge in [-0.3, -0.25) is 4.79 Å². The molecule has 0 radical (unpaired) electrons. The Bertz CT molecular complexity index is 359. The highest BCUT2D eigenvalue weighted by molar-refractivity contribution is 5.68. The Kier molecular flexibility index (Phi) is 4.25. The van der Waals surface area contributed by atoms with Gasteiger partial charge in [0.05, 0.1) is 13.5 Å². The largest absolute Gasteiger partial charge is 0.496 e. The quantitative estimate of drug-likeness (QED) is 0.802. The van der Waals surface area contributed by atoms with Crippen LogP contribution in [0.15, 0.2) is 18.2 Å². The smallest absolute Gasteiger partial charge is 0.305 e. The van der Waals surface area contributed by atoms with Crippen molar-refractivity contribution in [2.45, 2.75) is 19.1 Å². The zero-order valence-electron chi connectivity index (χ0n) is 8.94. The van der Waals surface area contributed by atoms with Crippen LogP contribution in [-0.2, 0) is 11.5 Å². The first kappa shape index (κ1) is 12.4. The fourth-order valence-electron chi connectivity index (χ4n) is 1.60. The van der Waals surface area contributed by atoms with E-state index in [2.05, 4.69) is 0 Å². The molecule has 5 heteroatoms. The lowest BCUT2D eigenvalue weighted by Gasteiger charge is -2.17. The predicted octanol–water partition coefficient (Wildman–Crippen LogP) is 1.64. The third-order valence-corrected chi connectivity index (χ3v) is 2.29. The van der Waals surface area contributed by atoms with E-state index in [0.29, 0.717) is 16.9 Å². The number of halogens is 1. The number of nitrogens with two attached hydrogens (primary N) is 1. The number of benzene rings is 1. The number of methoxy groups -OCH3 is 1. The van der Waals surface area contributed by atoms with Crippen LogP contribution in [0.1, 0.15) is 23.6 Å². The van der Waals surface area contributed by atoms with Gasteiger partial charge >= 0.3 is 5.97 Å². The van der Waals surface area contributed by atoms with Gasteiger partial charge in [-0.05, 0) is 11.6 Å².